The van der Waals surface area contributed by atoms with Gasteiger partial charge < -0.3 is 16.4 Å². The van der Waals surface area contributed by atoms with Crippen LogP contribution in [0.2, 0.25) is 0 Å². The van der Waals surface area contributed by atoms with E-state index < -0.39 is 6.03 Å². The minimum atomic E-state index is -0.810. The number of hydrogen-bond donors (Lipinski definition) is 4. The van der Waals surface area contributed by atoms with E-state index in [4.69, 9.17) is 11.6 Å². The molecule has 3 amide bonds. The molecule has 2 aromatic rings. The fourth-order valence-corrected chi connectivity index (χ4v) is 3.89. The Morgan fingerprint density at radius 3 is 2.68 bits per heavy atom. The number of carbonyl (C=O) groups is 2. The van der Waals surface area contributed by atoms with Gasteiger partial charge in [-0.3, -0.25) is 4.79 Å². The second-order valence-electron chi connectivity index (χ2n) is 5.92. The summed E-state index contributed by atoms with van der Waals surface area (Å²) in [6, 6.07) is 10.6. The number of nitrogens with two attached hydrogens (primary N) is 2. The average molecular weight is 359 g/mol. The summed E-state index contributed by atoms with van der Waals surface area (Å²) in [5.74, 6) is 5.53. The van der Waals surface area contributed by atoms with Gasteiger partial charge in [-0.1, -0.05) is 30.3 Å². The van der Waals surface area contributed by atoms with E-state index in [1.807, 2.05) is 30.3 Å². The van der Waals surface area contributed by atoms with Crippen LogP contribution in [0.4, 0.5) is 9.80 Å². The van der Waals surface area contributed by atoms with Crippen molar-refractivity contribution < 1.29 is 9.59 Å². The number of amides is 3. The number of urea groups is 1. The van der Waals surface area contributed by atoms with E-state index in [-0.39, 0.29) is 11.9 Å². The quantitative estimate of drug-likeness (QED) is 0.378. The van der Waals surface area contributed by atoms with Gasteiger partial charge in [0.15, 0.2) is 0 Å². The molecule has 0 radical (unpaired) electrons. The van der Waals surface area contributed by atoms with Crippen molar-refractivity contribution >= 4 is 28.3 Å². The molecule has 0 saturated carbocycles. The van der Waals surface area contributed by atoms with Crippen LogP contribution < -0.4 is 27.2 Å². The lowest BCUT2D eigenvalue weighted by Crippen LogP contribution is -2.46. The molecule has 1 fully saturated rings. The Morgan fingerprint density at radius 1 is 1.28 bits per heavy atom. The zero-order chi connectivity index (χ0) is 17.8. The van der Waals surface area contributed by atoms with Crippen LogP contribution in [0.25, 0.3) is 10.4 Å². The maximum Gasteiger partial charge on any atom is 0.334 e. The molecule has 0 unspecified atom stereocenters. The zero-order valence-corrected chi connectivity index (χ0v) is 14.5. The summed E-state index contributed by atoms with van der Waals surface area (Å²) in [4.78, 5) is 25.1. The minimum Gasteiger partial charge on any atom is -0.350 e. The monoisotopic (exact) mass is 359 g/mol. The SMILES string of the molecule is NC(=O)N(N)c1sc(-c2ccccc2)cc1C(=O)N[C@H]1CCCNC1. The molecule has 7 nitrogen and oxygen atoms in total. The lowest BCUT2D eigenvalue weighted by Gasteiger charge is -2.24. The summed E-state index contributed by atoms with van der Waals surface area (Å²) in [5, 5.41) is 7.43. The topological polar surface area (TPSA) is 113 Å². The van der Waals surface area contributed by atoms with Gasteiger partial charge in [-0.2, -0.15) is 0 Å². The molecule has 1 aliphatic heterocycles. The number of thiophene rings is 1. The normalized spacial score (nSPS) is 17.1. The van der Waals surface area contributed by atoms with Crippen LogP contribution in [0.1, 0.15) is 23.2 Å². The van der Waals surface area contributed by atoms with Crippen molar-refractivity contribution in [1.29, 1.82) is 0 Å². The molecule has 132 valence electrons. The van der Waals surface area contributed by atoms with Crippen LogP contribution in [-0.2, 0) is 0 Å². The lowest BCUT2D eigenvalue weighted by atomic mass is 10.1. The van der Waals surface area contributed by atoms with Crippen molar-refractivity contribution in [2.45, 2.75) is 18.9 Å². The molecule has 0 spiro atoms. The second kappa shape index (κ2) is 7.64. The number of piperidine rings is 1. The van der Waals surface area contributed by atoms with Crippen molar-refractivity contribution in [3.63, 3.8) is 0 Å². The first-order valence-corrected chi connectivity index (χ1v) is 8.93. The molecular formula is C17H21N5O2S. The number of benzene rings is 1. The highest BCUT2D eigenvalue weighted by Gasteiger charge is 2.24. The smallest absolute Gasteiger partial charge is 0.334 e. The van der Waals surface area contributed by atoms with Crippen LogP contribution in [-0.4, -0.2) is 31.1 Å². The predicted octanol–water partition coefficient (Wildman–Crippen LogP) is 1.66. The van der Waals surface area contributed by atoms with E-state index in [1.54, 1.807) is 6.07 Å². The third-order valence-electron chi connectivity index (χ3n) is 4.10. The Bertz CT molecular complexity index is 756. The standard InChI is InChI=1S/C17H21N5O2S/c18-17(24)22(19)16-13(15(23)21-12-7-4-8-20-10-12)9-14(25-16)11-5-2-1-3-6-11/h1-3,5-6,9,12,20H,4,7-8,10,19H2,(H2,18,24)(H,21,23)/t12-/m0/s1. The first-order valence-electron chi connectivity index (χ1n) is 8.11. The molecule has 1 saturated heterocycles. The summed E-state index contributed by atoms with van der Waals surface area (Å²) < 4.78 is 0. The molecule has 8 heteroatoms. The molecule has 1 atom stereocenters. The third-order valence-corrected chi connectivity index (χ3v) is 5.29. The maximum atomic E-state index is 12.7. The highest BCUT2D eigenvalue weighted by Crippen LogP contribution is 2.36. The molecule has 0 bridgehead atoms. The van der Waals surface area contributed by atoms with Crippen molar-refractivity contribution in [3.8, 4) is 10.4 Å². The van der Waals surface area contributed by atoms with Crippen LogP contribution in [0.5, 0.6) is 0 Å². The van der Waals surface area contributed by atoms with Crippen molar-refractivity contribution in [2.24, 2.45) is 11.6 Å². The number of nitrogens with one attached hydrogen (secondary N) is 2. The largest absolute Gasteiger partial charge is 0.350 e. The van der Waals surface area contributed by atoms with E-state index in [9.17, 15) is 9.59 Å². The molecule has 3 rings (SSSR count). The molecule has 6 N–H and O–H groups in total. The van der Waals surface area contributed by atoms with Gasteiger partial charge in [0.1, 0.15) is 5.00 Å². The lowest BCUT2D eigenvalue weighted by molar-refractivity contribution is 0.0931. The van der Waals surface area contributed by atoms with E-state index >= 15 is 0 Å². The van der Waals surface area contributed by atoms with Gasteiger partial charge in [-0.15, -0.1) is 11.3 Å². The summed E-state index contributed by atoms with van der Waals surface area (Å²) in [5.41, 5.74) is 6.60. The molecule has 1 aromatic heterocycles. The predicted molar refractivity (Wildman–Crippen MR) is 99.4 cm³/mol. The summed E-state index contributed by atoms with van der Waals surface area (Å²) >= 11 is 1.26. The number of hydrogen-bond acceptors (Lipinski definition) is 5. The van der Waals surface area contributed by atoms with Crippen molar-refractivity contribution in [1.82, 2.24) is 10.6 Å². The van der Waals surface area contributed by atoms with E-state index in [2.05, 4.69) is 10.6 Å². The van der Waals surface area contributed by atoms with Gasteiger partial charge >= 0.3 is 6.03 Å². The number of anilines is 1. The fraction of sp³-hybridized carbons (Fsp3) is 0.294. The van der Waals surface area contributed by atoms with Gasteiger partial charge in [-0.05, 0) is 31.0 Å². The number of primary amides is 1. The summed E-state index contributed by atoms with van der Waals surface area (Å²) in [6.45, 7) is 1.70. The molecule has 0 aliphatic carbocycles. The molecule has 1 aromatic carbocycles. The Morgan fingerprint density at radius 2 is 2.04 bits per heavy atom. The molecule has 2 heterocycles. The van der Waals surface area contributed by atoms with Gasteiger partial charge in [0.2, 0.25) is 0 Å². The van der Waals surface area contributed by atoms with E-state index in [1.165, 1.54) is 11.3 Å². The fourth-order valence-electron chi connectivity index (χ4n) is 2.81. The average Bonchev–Trinajstić information content (AvgIpc) is 3.08. The molecular weight excluding hydrogens is 338 g/mol. The van der Waals surface area contributed by atoms with Gasteiger partial charge in [0.05, 0.1) is 5.56 Å². The van der Waals surface area contributed by atoms with Crippen LogP contribution in [0, 0.1) is 0 Å². The van der Waals surface area contributed by atoms with Gasteiger partial charge in [0, 0.05) is 17.5 Å². The minimum absolute atomic E-state index is 0.0639. The van der Waals surface area contributed by atoms with E-state index in [0.29, 0.717) is 10.6 Å². The number of rotatable bonds is 4. The second-order valence-corrected chi connectivity index (χ2v) is 6.95. The van der Waals surface area contributed by atoms with Crippen LogP contribution >= 0.6 is 11.3 Å². The molecule has 25 heavy (non-hydrogen) atoms. The van der Waals surface area contributed by atoms with Gasteiger partial charge in [0.25, 0.3) is 5.91 Å². The van der Waals surface area contributed by atoms with Crippen LogP contribution in [0.3, 0.4) is 0 Å². The summed E-state index contributed by atoms with van der Waals surface area (Å²) in [6.07, 6.45) is 1.94. The van der Waals surface area contributed by atoms with E-state index in [0.717, 1.165) is 41.4 Å². The number of hydrazine groups is 1. The molecule has 1 aliphatic rings. The highest BCUT2D eigenvalue weighted by atomic mass is 32.1. The Balaban J connectivity index is 1.91. The number of carbonyl (C=O) groups excluding carboxylic acids is 2. The Hall–Kier alpha value is -2.42. The van der Waals surface area contributed by atoms with Crippen molar-refractivity contribution in [3.05, 3.63) is 42.0 Å². The Kier molecular flexibility index (Phi) is 5.32. The zero-order valence-electron chi connectivity index (χ0n) is 13.7. The first-order chi connectivity index (χ1) is 12.1. The van der Waals surface area contributed by atoms with Crippen LogP contribution in [0.15, 0.2) is 36.4 Å². The Labute approximate surface area is 150 Å². The first kappa shape index (κ1) is 17.4. The van der Waals surface area contributed by atoms with Crippen molar-refractivity contribution in [2.75, 3.05) is 18.1 Å². The summed E-state index contributed by atoms with van der Waals surface area (Å²) in [7, 11) is 0. The number of nitrogens with zero attached hydrogens (tertiary/aromatic N) is 1. The highest BCUT2D eigenvalue weighted by molar-refractivity contribution is 7.20. The maximum absolute atomic E-state index is 12.7. The van der Waals surface area contributed by atoms with Gasteiger partial charge in [-0.25, -0.2) is 15.6 Å². The third kappa shape index (κ3) is 3.98.